The van der Waals surface area contributed by atoms with Crippen LogP contribution >= 0.6 is 23.2 Å². The average molecular weight is 321 g/mol. The maximum atomic E-state index is 11.0. The zero-order valence-electron chi connectivity index (χ0n) is 11.7. The molecule has 0 aliphatic rings. The lowest BCUT2D eigenvalue weighted by atomic mass is 9.95. The summed E-state index contributed by atoms with van der Waals surface area (Å²) in [5.74, 6) is 0.681. The Hall–Kier alpha value is -1.20. The number of carbonyl (C=O) groups is 1. The molecule has 5 nitrogen and oxygen atoms in total. The van der Waals surface area contributed by atoms with Crippen LogP contribution in [0.2, 0.25) is 10.2 Å². The van der Waals surface area contributed by atoms with E-state index in [2.05, 4.69) is 4.98 Å². The fraction of sp³-hybridized carbons (Fsp3) is 0.538. The van der Waals surface area contributed by atoms with Crippen molar-refractivity contribution in [1.82, 2.24) is 4.98 Å². The smallest absolute Gasteiger partial charge is 0.405 e. The number of ether oxygens (including phenoxy) is 2. The molecule has 0 aromatic carbocycles. The number of primary amides is 1. The monoisotopic (exact) mass is 320 g/mol. The number of carbonyl (C=O) groups excluding carboxylic acids is 1. The van der Waals surface area contributed by atoms with Gasteiger partial charge in [-0.2, -0.15) is 0 Å². The molecule has 0 aliphatic heterocycles. The fourth-order valence-electron chi connectivity index (χ4n) is 1.97. The molecule has 1 rings (SSSR count). The van der Waals surface area contributed by atoms with E-state index in [1.165, 1.54) is 12.3 Å². The van der Waals surface area contributed by atoms with E-state index in [1.807, 2.05) is 13.8 Å². The van der Waals surface area contributed by atoms with Crippen molar-refractivity contribution in [3.05, 3.63) is 22.4 Å². The van der Waals surface area contributed by atoms with Crippen LogP contribution in [0.4, 0.5) is 4.79 Å². The largest absolute Gasteiger partial charge is 0.486 e. The highest BCUT2D eigenvalue weighted by Crippen LogP contribution is 2.28. The maximum Gasteiger partial charge on any atom is 0.405 e. The van der Waals surface area contributed by atoms with E-state index in [0.29, 0.717) is 23.1 Å². The second kappa shape index (κ2) is 6.99. The zero-order valence-corrected chi connectivity index (χ0v) is 13.2. The highest BCUT2D eigenvalue weighted by Gasteiger charge is 2.30. The van der Waals surface area contributed by atoms with Crippen LogP contribution < -0.4 is 10.5 Å². The summed E-state index contributed by atoms with van der Waals surface area (Å²) in [7, 11) is 0. The van der Waals surface area contributed by atoms with Gasteiger partial charge in [0, 0.05) is 0 Å². The summed E-state index contributed by atoms with van der Waals surface area (Å²) < 4.78 is 10.7. The van der Waals surface area contributed by atoms with Crippen molar-refractivity contribution in [3.63, 3.8) is 0 Å². The van der Waals surface area contributed by atoms with Crippen molar-refractivity contribution < 1.29 is 14.3 Å². The van der Waals surface area contributed by atoms with Crippen molar-refractivity contribution in [3.8, 4) is 5.75 Å². The van der Waals surface area contributed by atoms with Gasteiger partial charge in [0.05, 0.1) is 11.2 Å². The van der Waals surface area contributed by atoms with Gasteiger partial charge in [-0.3, -0.25) is 0 Å². The number of pyridine rings is 1. The van der Waals surface area contributed by atoms with Gasteiger partial charge in [-0.1, -0.05) is 37.0 Å². The van der Waals surface area contributed by atoms with Crippen molar-refractivity contribution in [2.75, 3.05) is 6.61 Å². The van der Waals surface area contributed by atoms with Gasteiger partial charge in [0.25, 0.3) is 0 Å². The van der Waals surface area contributed by atoms with Crippen LogP contribution in [-0.4, -0.2) is 23.3 Å². The predicted molar refractivity (Wildman–Crippen MR) is 78.3 cm³/mol. The highest BCUT2D eigenvalue weighted by atomic mass is 35.5. The molecule has 0 saturated heterocycles. The molecule has 1 aromatic heterocycles. The molecule has 0 aliphatic carbocycles. The molecular weight excluding hydrogens is 303 g/mol. The molecule has 0 fully saturated rings. The second-order valence-corrected chi connectivity index (χ2v) is 5.99. The number of hydrogen-bond acceptors (Lipinski definition) is 4. The van der Waals surface area contributed by atoms with Gasteiger partial charge in [-0.05, 0) is 25.3 Å². The van der Waals surface area contributed by atoms with E-state index in [9.17, 15) is 4.79 Å². The van der Waals surface area contributed by atoms with Gasteiger partial charge in [0.2, 0.25) is 0 Å². The van der Waals surface area contributed by atoms with Crippen LogP contribution in [0.5, 0.6) is 5.75 Å². The molecule has 0 radical (unpaired) electrons. The Morgan fingerprint density at radius 3 is 2.65 bits per heavy atom. The van der Waals surface area contributed by atoms with Crippen LogP contribution in [0.3, 0.4) is 0 Å². The Bertz CT molecular complexity index is 483. The van der Waals surface area contributed by atoms with Crippen LogP contribution in [0.1, 0.15) is 27.2 Å². The van der Waals surface area contributed by atoms with Crippen molar-refractivity contribution >= 4 is 29.3 Å². The number of hydrogen-bond donors (Lipinski definition) is 1. The molecule has 0 saturated carbocycles. The van der Waals surface area contributed by atoms with Gasteiger partial charge in [0.15, 0.2) is 5.75 Å². The molecule has 0 bridgehead atoms. The number of aromatic nitrogens is 1. The minimum atomic E-state index is -0.836. The summed E-state index contributed by atoms with van der Waals surface area (Å²) >= 11 is 11.7. The molecule has 7 heteroatoms. The summed E-state index contributed by atoms with van der Waals surface area (Å²) in [5.41, 5.74) is 4.27. The predicted octanol–water partition coefficient (Wildman–Crippen LogP) is 3.67. The lowest BCUT2D eigenvalue weighted by molar-refractivity contribution is -0.0186. The molecule has 1 atom stereocenters. The van der Waals surface area contributed by atoms with Crippen LogP contribution in [-0.2, 0) is 4.74 Å². The van der Waals surface area contributed by atoms with Crippen molar-refractivity contribution in [2.24, 2.45) is 11.7 Å². The topological polar surface area (TPSA) is 74.4 Å². The molecule has 0 spiro atoms. The summed E-state index contributed by atoms with van der Waals surface area (Å²) in [6.45, 7) is 5.91. The van der Waals surface area contributed by atoms with Gasteiger partial charge in [0.1, 0.15) is 17.4 Å². The van der Waals surface area contributed by atoms with E-state index in [-0.39, 0.29) is 11.8 Å². The third-order valence-corrected chi connectivity index (χ3v) is 3.01. The molecule has 1 heterocycles. The number of halogens is 2. The number of nitrogens with zero attached hydrogens (tertiary/aromatic N) is 1. The first kappa shape index (κ1) is 16.9. The molecule has 2 N–H and O–H groups in total. The van der Waals surface area contributed by atoms with Gasteiger partial charge >= 0.3 is 6.09 Å². The van der Waals surface area contributed by atoms with Crippen LogP contribution in [0.25, 0.3) is 0 Å². The van der Waals surface area contributed by atoms with Crippen molar-refractivity contribution in [2.45, 2.75) is 32.8 Å². The number of amides is 1. The van der Waals surface area contributed by atoms with Gasteiger partial charge in [-0.15, -0.1) is 0 Å². The Labute approximate surface area is 128 Å². The molecule has 112 valence electrons. The lowest BCUT2D eigenvalue weighted by Gasteiger charge is -2.30. The first-order chi connectivity index (χ1) is 9.22. The maximum absolute atomic E-state index is 11.0. The fourth-order valence-corrected chi connectivity index (χ4v) is 2.39. The zero-order chi connectivity index (χ0) is 15.3. The molecule has 1 amide bonds. The Balaban J connectivity index is 2.77. The first-order valence-electron chi connectivity index (χ1n) is 6.14. The summed E-state index contributed by atoms with van der Waals surface area (Å²) in [4.78, 5) is 14.9. The minimum absolute atomic E-state index is 0.122. The average Bonchev–Trinajstić information content (AvgIpc) is 2.25. The van der Waals surface area contributed by atoms with E-state index in [4.69, 9.17) is 38.4 Å². The van der Waals surface area contributed by atoms with E-state index >= 15 is 0 Å². The Morgan fingerprint density at radius 2 is 2.15 bits per heavy atom. The van der Waals surface area contributed by atoms with E-state index in [1.54, 1.807) is 6.92 Å². The van der Waals surface area contributed by atoms with Gasteiger partial charge in [-0.25, -0.2) is 9.78 Å². The van der Waals surface area contributed by atoms with Crippen LogP contribution in [0, 0.1) is 5.92 Å². The molecular formula is C13H18Cl2N2O3. The molecule has 0 unspecified atom stereocenters. The van der Waals surface area contributed by atoms with Gasteiger partial charge < -0.3 is 15.2 Å². The molecule has 1 aromatic rings. The normalized spacial score (nSPS) is 13.9. The Morgan fingerprint density at radius 1 is 1.50 bits per heavy atom. The first-order valence-corrected chi connectivity index (χ1v) is 6.90. The van der Waals surface area contributed by atoms with E-state index in [0.717, 1.165) is 0 Å². The third kappa shape index (κ3) is 5.43. The quantitative estimate of drug-likeness (QED) is 0.811. The summed E-state index contributed by atoms with van der Waals surface area (Å²) in [5, 5.41) is 0.622. The minimum Gasteiger partial charge on any atom is -0.486 e. The van der Waals surface area contributed by atoms with Crippen LogP contribution in [0.15, 0.2) is 12.3 Å². The van der Waals surface area contributed by atoms with Crippen molar-refractivity contribution in [1.29, 1.82) is 0 Å². The second-order valence-electron chi connectivity index (χ2n) is 5.20. The lowest BCUT2D eigenvalue weighted by Crippen LogP contribution is -2.41. The standard InChI is InChI=1S/C13H18Cl2N2O3/c1-8(2)5-13(3,20-12(16)18)7-19-10-6-17-11(15)4-9(10)14/h4,6,8H,5,7H2,1-3H3,(H2,16,18)/t13-/m0/s1. The Kier molecular flexibility index (Phi) is 5.89. The highest BCUT2D eigenvalue weighted by molar-refractivity contribution is 6.34. The third-order valence-electron chi connectivity index (χ3n) is 2.51. The number of rotatable bonds is 6. The summed E-state index contributed by atoms with van der Waals surface area (Å²) in [6.07, 6.45) is 1.19. The number of nitrogens with two attached hydrogens (primary N) is 1. The molecule has 20 heavy (non-hydrogen) atoms. The van der Waals surface area contributed by atoms with E-state index < -0.39 is 11.7 Å². The summed E-state index contributed by atoms with van der Waals surface area (Å²) in [6, 6.07) is 1.48. The SMILES string of the molecule is CC(C)C[C@@](C)(COc1cnc(Cl)cc1Cl)OC(N)=O.